The van der Waals surface area contributed by atoms with Crippen LogP contribution in [0.3, 0.4) is 0 Å². The molecule has 4 aliphatic rings. The number of unbranched alkanes of at least 4 members (excludes halogenated alkanes) is 3. The minimum Gasteiger partial charge on any atom is -0.478 e. The normalized spacial score (nSPS) is 27.8. The minimum absolute atomic E-state index is 0.0105. The van der Waals surface area contributed by atoms with Gasteiger partial charge < -0.3 is 29.2 Å². The smallest absolute Gasteiger partial charge is 0.336 e. The van der Waals surface area contributed by atoms with Crippen molar-refractivity contribution in [3.8, 4) is 22.5 Å². The number of amides is 1. The molecule has 3 aliphatic heterocycles. The molecule has 2 saturated heterocycles. The number of anilines is 1. The van der Waals surface area contributed by atoms with Crippen LogP contribution in [-0.4, -0.2) is 81.8 Å². The molecule has 10 heteroatoms. The van der Waals surface area contributed by atoms with Crippen LogP contribution in [0.15, 0.2) is 59.0 Å². The fourth-order valence-electron chi connectivity index (χ4n) is 5.48. The van der Waals surface area contributed by atoms with Gasteiger partial charge in [0.05, 0.1) is 31.5 Å². The molecule has 1 amide bonds. The lowest BCUT2D eigenvalue weighted by atomic mass is 9.89. The van der Waals surface area contributed by atoms with Crippen LogP contribution in [0, 0.1) is 0 Å². The van der Waals surface area contributed by atoms with Crippen molar-refractivity contribution in [3.05, 3.63) is 71.1 Å². The molecular weight excluding hydrogens is 642 g/mol. The maximum Gasteiger partial charge on any atom is 0.336 e. The van der Waals surface area contributed by atoms with E-state index in [1.54, 1.807) is 0 Å². The third-order valence-electron chi connectivity index (χ3n) is 7.86. The maximum absolute atomic E-state index is 13.5. The molecule has 0 saturated carbocycles. The van der Waals surface area contributed by atoms with Gasteiger partial charge in [0.2, 0.25) is 5.36 Å². The average molecular weight is 705 g/mol. The van der Waals surface area contributed by atoms with Crippen LogP contribution in [0.2, 0.25) is 0 Å². The number of benzene rings is 3. The molecule has 3 heterocycles. The van der Waals surface area contributed by atoms with E-state index < -0.39 is 74.4 Å². The van der Waals surface area contributed by atoms with E-state index in [1.807, 2.05) is 0 Å². The van der Waals surface area contributed by atoms with Gasteiger partial charge in [-0.2, -0.15) is 0 Å². The number of carbonyl (C=O) groups is 2. The molecule has 1 aliphatic carbocycles. The van der Waals surface area contributed by atoms with Crippen LogP contribution >= 0.6 is 11.6 Å². The number of hydrogen-bond donors (Lipinski definition) is 2. The van der Waals surface area contributed by atoms with Gasteiger partial charge in [0.25, 0.3) is 5.91 Å². The predicted octanol–water partition coefficient (Wildman–Crippen LogP) is 6.63. The van der Waals surface area contributed by atoms with Crippen LogP contribution in [-0.2, 0) is 9.47 Å². The molecule has 2 fully saturated rings. The Morgan fingerprint density at radius 2 is 1.65 bits per heavy atom. The molecular formula is C39H47ClN3O6+. The van der Waals surface area contributed by atoms with Gasteiger partial charge in [0.15, 0.2) is 0 Å². The summed E-state index contributed by atoms with van der Waals surface area (Å²) < 4.78 is 153. The number of fused-ring (bicyclic) bond motifs is 2. The number of carbonyl (C=O) groups excluding carboxylic acids is 1. The highest BCUT2D eigenvalue weighted by atomic mass is 35.5. The number of carboxylic acids is 1. The first-order chi connectivity index (χ1) is 30.1. The lowest BCUT2D eigenvalue weighted by Crippen LogP contribution is -2.27. The molecule has 49 heavy (non-hydrogen) atoms. The summed E-state index contributed by atoms with van der Waals surface area (Å²) in [4.78, 5) is 26.6. The summed E-state index contributed by atoms with van der Waals surface area (Å²) in [6.07, 6.45) is -9.77. The third-order valence-corrected chi connectivity index (χ3v) is 8.13. The number of rotatable bonds is 16. The van der Waals surface area contributed by atoms with Gasteiger partial charge in [-0.1, -0.05) is 12.8 Å². The van der Waals surface area contributed by atoms with Gasteiger partial charge in [0.1, 0.15) is 29.8 Å². The standard InChI is InChI=1S/C39H46ClN3O6/c40-15-3-1-2-8-21-47-23-24-48-22-16-41-38(44)28-9-12-31(39(45)46)34(25-28)37-32-13-10-29(42-17-4-5-18-42)26-35(32)49-36-27-30(11-14-33(36)37)43-19-6-7-20-43/h9-14,25-27H,1-8,15-24H2,(H-,41,44,45,46)/p+1/i4D2,5D2,6D2,7D2,17D2,18D2,19D2,20D2. The molecule has 0 atom stereocenters. The first kappa shape index (κ1) is 20.1. The van der Waals surface area contributed by atoms with E-state index in [0.717, 1.165) is 49.9 Å². The first-order valence-electron chi connectivity index (χ1n) is 23.9. The first-order valence-corrected chi connectivity index (χ1v) is 16.4. The predicted molar refractivity (Wildman–Crippen MR) is 194 cm³/mol. The van der Waals surface area contributed by atoms with Gasteiger partial charge in [-0.3, -0.25) is 4.79 Å². The highest BCUT2D eigenvalue weighted by Crippen LogP contribution is 2.42. The van der Waals surface area contributed by atoms with E-state index in [0.29, 0.717) is 19.1 Å². The van der Waals surface area contributed by atoms with E-state index in [4.69, 9.17) is 47.4 Å². The van der Waals surface area contributed by atoms with Gasteiger partial charge in [-0.05, 0) is 67.5 Å². The number of halogens is 1. The Balaban J connectivity index is 1.47. The average Bonchev–Trinajstić information content (AvgIpc) is 3.34. The van der Waals surface area contributed by atoms with Gasteiger partial charge >= 0.3 is 5.97 Å². The zero-order valence-corrected chi connectivity index (χ0v) is 27.3. The molecule has 260 valence electrons. The summed E-state index contributed by atoms with van der Waals surface area (Å²) in [7, 11) is 0. The zero-order chi connectivity index (χ0) is 48.3. The van der Waals surface area contributed by atoms with E-state index in [1.165, 1.54) is 30.3 Å². The molecule has 0 spiro atoms. The molecule has 2 aromatic rings. The van der Waals surface area contributed by atoms with Crippen molar-refractivity contribution >= 4 is 40.1 Å². The Morgan fingerprint density at radius 1 is 0.878 bits per heavy atom. The van der Waals surface area contributed by atoms with Crippen molar-refractivity contribution in [1.82, 2.24) is 9.89 Å². The fourth-order valence-corrected chi connectivity index (χ4v) is 5.67. The summed E-state index contributed by atoms with van der Waals surface area (Å²) >= 11 is 5.69. The lowest BCUT2D eigenvalue weighted by molar-refractivity contribution is 0.0468. The number of aromatic carboxylic acids is 1. The SMILES string of the molecule is [2H]C1([2H])N(c2ccc3c(-c4cc(C(=O)NCCOCCOCCCCCCCl)ccc4C(=O)O)c4ccc(=[N+]5C([2H])([2H])C([2H])([2H])C([2H])([2H])C5([2H])[2H])cc-4oc3c2)C([2H])([2H])C([2H])([2H])C1([2H])[2H]. The van der Waals surface area contributed by atoms with Crippen molar-refractivity contribution in [3.63, 3.8) is 0 Å². The Hall–Kier alpha value is -3.92. The topological polar surface area (TPSA) is 104 Å². The Labute approximate surface area is 315 Å². The second-order valence-electron chi connectivity index (χ2n) is 11.1. The van der Waals surface area contributed by atoms with Crippen LogP contribution in [0.5, 0.6) is 0 Å². The maximum atomic E-state index is 13.5. The van der Waals surface area contributed by atoms with Crippen molar-refractivity contribution in [2.24, 2.45) is 0 Å². The van der Waals surface area contributed by atoms with Crippen LogP contribution in [0.4, 0.5) is 5.69 Å². The summed E-state index contributed by atoms with van der Waals surface area (Å²) in [5.41, 5.74) is -1.05. The van der Waals surface area contributed by atoms with Crippen molar-refractivity contribution in [2.45, 2.75) is 51.2 Å². The summed E-state index contributed by atoms with van der Waals surface area (Å²) in [6, 6.07) is 10.7. The number of hydrogen-bond acceptors (Lipinski definition) is 6. The van der Waals surface area contributed by atoms with Crippen LogP contribution < -0.4 is 20.1 Å². The molecule has 0 bridgehead atoms. The molecule has 0 radical (unpaired) electrons. The van der Waals surface area contributed by atoms with Crippen molar-refractivity contribution in [1.29, 1.82) is 0 Å². The van der Waals surface area contributed by atoms with Gasteiger partial charge in [0, 0.05) is 101 Å². The third kappa shape index (κ3) is 8.63. The molecule has 0 unspecified atom stereocenters. The molecule has 9 nitrogen and oxygen atoms in total. The van der Waals surface area contributed by atoms with Crippen molar-refractivity contribution < 1.29 is 50.5 Å². The zero-order valence-electron chi connectivity index (χ0n) is 42.5. The second-order valence-corrected chi connectivity index (χ2v) is 11.5. The van der Waals surface area contributed by atoms with E-state index in [2.05, 4.69) is 5.32 Å². The van der Waals surface area contributed by atoms with Gasteiger partial charge in [-0.15, -0.1) is 11.6 Å². The number of carboxylic acid groups (broad SMARTS) is 1. The lowest BCUT2D eigenvalue weighted by Gasteiger charge is -2.21. The molecule has 0 aromatic heterocycles. The number of alkyl halides is 1. The van der Waals surface area contributed by atoms with Crippen LogP contribution in [0.25, 0.3) is 33.4 Å². The fraction of sp³-hybridized carbons (Fsp3) is 0.462. The van der Waals surface area contributed by atoms with E-state index in [9.17, 15) is 14.7 Å². The highest BCUT2D eigenvalue weighted by Gasteiger charge is 2.25. The minimum atomic E-state index is -3.41. The van der Waals surface area contributed by atoms with E-state index in [-0.39, 0.29) is 73.8 Å². The highest BCUT2D eigenvalue weighted by molar-refractivity contribution is 6.17. The Morgan fingerprint density at radius 3 is 2.43 bits per heavy atom. The van der Waals surface area contributed by atoms with Crippen molar-refractivity contribution in [2.75, 3.05) is 69.7 Å². The monoisotopic (exact) mass is 704 g/mol. The Bertz CT molecular complexity index is 2460. The number of ether oxygens (including phenoxy) is 2. The molecule has 2 aromatic carbocycles. The molecule has 6 rings (SSSR count). The quantitative estimate of drug-likeness (QED) is 0.0584. The summed E-state index contributed by atoms with van der Waals surface area (Å²) in [5.74, 6) is -1.72. The number of nitrogens with zero attached hydrogens (tertiary/aromatic N) is 2. The second kappa shape index (κ2) is 17.1. The summed E-state index contributed by atoms with van der Waals surface area (Å²) in [5, 5.41) is 12.8. The largest absolute Gasteiger partial charge is 0.478 e. The van der Waals surface area contributed by atoms with Gasteiger partial charge in [-0.25, -0.2) is 9.37 Å². The Kier molecular flexibility index (Phi) is 7.02. The van der Waals surface area contributed by atoms with E-state index >= 15 is 0 Å². The summed E-state index contributed by atoms with van der Waals surface area (Å²) in [6.45, 7) is -11.9. The molecule has 2 N–H and O–H groups in total. The number of nitrogens with one attached hydrogen (secondary N) is 1. The van der Waals surface area contributed by atoms with Crippen LogP contribution in [0.1, 0.15) is 93.8 Å².